The van der Waals surface area contributed by atoms with E-state index in [9.17, 15) is 0 Å². The van der Waals surface area contributed by atoms with Crippen LogP contribution in [0.5, 0.6) is 0 Å². The summed E-state index contributed by atoms with van der Waals surface area (Å²) in [6.45, 7) is 5.92. The molecule has 4 heterocycles. The third-order valence-corrected chi connectivity index (χ3v) is 5.70. The Kier molecular flexibility index (Phi) is 3.79. The molecule has 0 spiro atoms. The van der Waals surface area contributed by atoms with Crippen LogP contribution < -0.4 is 0 Å². The Morgan fingerprint density at radius 1 is 1.35 bits per heavy atom. The molecule has 1 saturated heterocycles. The summed E-state index contributed by atoms with van der Waals surface area (Å²) in [5, 5.41) is 2.16. The lowest BCUT2D eigenvalue weighted by atomic mass is 10.2. The Hall–Kier alpha value is -1.57. The van der Waals surface area contributed by atoms with E-state index in [1.54, 1.807) is 0 Å². The highest BCUT2D eigenvalue weighted by molar-refractivity contribution is 7.71. The zero-order valence-corrected chi connectivity index (χ0v) is 14.9. The Bertz CT molecular complexity index is 893. The van der Waals surface area contributed by atoms with Crippen molar-refractivity contribution in [1.82, 2.24) is 24.1 Å². The third kappa shape index (κ3) is 2.62. The molecule has 23 heavy (non-hydrogen) atoms. The summed E-state index contributed by atoms with van der Waals surface area (Å²) < 4.78 is 4.71. The standard InChI is InChI=1S/C16H19N5S2/c1-11-9-12(2)21-15(17-11)18-16(22)20(21)10-19-7-3-5-13(19)14-6-4-8-23-14/h4,6,8-9,13H,3,5,7,10H2,1-2H3/t13-/m1/s1. The van der Waals surface area contributed by atoms with Crippen LogP contribution in [0.1, 0.15) is 35.1 Å². The molecule has 1 aliphatic heterocycles. The van der Waals surface area contributed by atoms with Gasteiger partial charge in [-0.1, -0.05) is 6.07 Å². The molecule has 0 bridgehead atoms. The van der Waals surface area contributed by atoms with Gasteiger partial charge in [0.2, 0.25) is 4.77 Å². The first-order chi connectivity index (χ1) is 11.1. The van der Waals surface area contributed by atoms with E-state index in [1.807, 2.05) is 22.8 Å². The van der Waals surface area contributed by atoms with Crippen LogP contribution in [0, 0.1) is 18.6 Å². The highest BCUT2D eigenvalue weighted by Crippen LogP contribution is 2.34. The zero-order valence-electron chi connectivity index (χ0n) is 13.3. The first kappa shape index (κ1) is 15.0. The minimum atomic E-state index is 0.487. The van der Waals surface area contributed by atoms with E-state index in [1.165, 1.54) is 17.7 Å². The van der Waals surface area contributed by atoms with Gasteiger partial charge < -0.3 is 0 Å². The molecule has 4 rings (SSSR count). The van der Waals surface area contributed by atoms with Crippen LogP contribution in [0.15, 0.2) is 23.6 Å². The van der Waals surface area contributed by atoms with Crippen LogP contribution in [0.4, 0.5) is 0 Å². The molecule has 120 valence electrons. The number of thiophene rings is 1. The number of hydrogen-bond acceptors (Lipinski definition) is 5. The summed E-state index contributed by atoms with van der Waals surface area (Å²) in [5.74, 6) is 0.694. The van der Waals surface area contributed by atoms with Gasteiger partial charge in [-0.05, 0) is 56.4 Å². The first-order valence-electron chi connectivity index (χ1n) is 7.85. The van der Waals surface area contributed by atoms with Crippen LogP contribution in [0.25, 0.3) is 5.78 Å². The second-order valence-electron chi connectivity index (χ2n) is 6.07. The molecule has 7 heteroatoms. The van der Waals surface area contributed by atoms with Crippen LogP contribution in [-0.2, 0) is 6.67 Å². The fraction of sp³-hybridized carbons (Fsp3) is 0.438. The molecule has 0 N–H and O–H groups in total. The number of hydrogen-bond donors (Lipinski definition) is 0. The van der Waals surface area contributed by atoms with Crippen molar-refractivity contribution < 1.29 is 0 Å². The number of rotatable bonds is 3. The van der Waals surface area contributed by atoms with Crippen LogP contribution in [0.3, 0.4) is 0 Å². The number of likely N-dealkylation sites (tertiary alicyclic amines) is 1. The van der Waals surface area contributed by atoms with Gasteiger partial charge in [-0.3, -0.25) is 4.90 Å². The van der Waals surface area contributed by atoms with Crippen molar-refractivity contribution in [2.24, 2.45) is 0 Å². The smallest absolute Gasteiger partial charge is 0.252 e. The van der Waals surface area contributed by atoms with Crippen molar-refractivity contribution in [2.45, 2.75) is 39.4 Å². The minimum absolute atomic E-state index is 0.487. The molecule has 0 saturated carbocycles. The number of aromatic nitrogens is 4. The second-order valence-corrected chi connectivity index (χ2v) is 7.42. The minimum Gasteiger partial charge on any atom is -0.276 e. The summed E-state index contributed by atoms with van der Waals surface area (Å²) in [5.41, 5.74) is 2.09. The fourth-order valence-electron chi connectivity index (χ4n) is 3.45. The summed E-state index contributed by atoms with van der Waals surface area (Å²) in [6, 6.07) is 6.92. The van der Waals surface area contributed by atoms with Crippen molar-refractivity contribution >= 4 is 29.3 Å². The van der Waals surface area contributed by atoms with Gasteiger partial charge in [0.1, 0.15) is 0 Å². The van der Waals surface area contributed by atoms with Gasteiger partial charge in [0.05, 0.1) is 6.67 Å². The lowest BCUT2D eigenvalue weighted by Crippen LogP contribution is -2.28. The molecule has 0 radical (unpaired) electrons. The highest BCUT2D eigenvalue weighted by atomic mass is 32.1. The van der Waals surface area contributed by atoms with E-state index in [0.717, 1.165) is 24.6 Å². The predicted molar refractivity (Wildman–Crippen MR) is 94.3 cm³/mol. The topological polar surface area (TPSA) is 38.4 Å². The van der Waals surface area contributed by atoms with Crippen LogP contribution in [0.2, 0.25) is 0 Å². The van der Waals surface area contributed by atoms with Crippen molar-refractivity contribution in [1.29, 1.82) is 0 Å². The summed E-state index contributed by atoms with van der Waals surface area (Å²) >= 11 is 7.33. The van der Waals surface area contributed by atoms with Crippen molar-refractivity contribution in [3.63, 3.8) is 0 Å². The molecule has 1 atom stereocenters. The van der Waals surface area contributed by atoms with Gasteiger partial charge in [0.25, 0.3) is 5.78 Å². The Balaban J connectivity index is 1.73. The van der Waals surface area contributed by atoms with Crippen LogP contribution >= 0.6 is 23.6 Å². The second kappa shape index (κ2) is 5.81. The molecule has 1 aliphatic rings. The molecule has 0 aliphatic carbocycles. The zero-order chi connectivity index (χ0) is 16.0. The molecular weight excluding hydrogens is 326 g/mol. The van der Waals surface area contributed by atoms with E-state index in [0.29, 0.717) is 16.6 Å². The van der Waals surface area contributed by atoms with Gasteiger partial charge in [-0.15, -0.1) is 11.3 Å². The molecule has 0 unspecified atom stereocenters. The number of aryl methyl sites for hydroxylation is 2. The van der Waals surface area contributed by atoms with E-state index >= 15 is 0 Å². The maximum absolute atomic E-state index is 5.50. The SMILES string of the molecule is Cc1cc(C)n2c(n1)nc(=S)n2CN1CCC[C@@H]1c1cccs1. The quantitative estimate of drug-likeness (QED) is 0.678. The summed E-state index contributed by atoms with van der Waals surface area (Å²) in [6.07, 6.45) is 2.43. The Morgan fingerprint density at radius 3 is 3.00 bits per heavy atom. The molecule has 0 aromatic carbocycles. The van der Waals surface area contributed by atoms with E-state index in [-0.39, 0.29) is 0 Å². The van der Waals surface area contributed by atoms with Gasteiger partial charge in [-0.25, -0.2) is 14.2 Å². The van der Waals surface area contributed by atoms with Crippen LogP contribution in [-0.4, -0.2) is 30.6 Å². The molecule has 0 amide bonds. The molecular formula is C16H19N5S2. The van der Waals surface area contributed by atoms with Crippen molar-refractivity contribution in [2.75, 3.05) is 6.54 Å². The number of fused-ring (bicyclic) bond motifs is 1. The molecule has 3 aromatic heterocycles. The normalized spacial score (nSPS) is 19.0. The lowest BCUT2D eigenvalue weighted by Gasteiger charge is -2.24. The number of nitrogens with zero attached hydrogens (tertiary/aromatic N) is 5. The fourth-order valence-corrected chi connectivity index (χ4v) is 4.57. The van der Waals surface area contributed by atoms with Gasteiger partial charge in [-0.2, -0.15) is 4.98 Å². The lowest BCUT2D eigenvalue weighted by molar-refractivity contribution is 0.187. The molecule has 3 aromatic rings. The average Bonchev–Trinajstić information content (AvgIpc) is 3.20. The van der Waals surface area contributed by atoms with Gasteiger partial charge in [0.15, 0.2) is 0 Å². The Labute approximate surface area is 144 Å². The highest BCUT2D eigenvalue weighted by Gasteiger charge is 2.27. The Morgan fingerprint density at radius 2 is 2.22 bits per heavy atom. The maximum Gasteiger partial charge on any atom is 0.252 e. The van der Waals surface area contributed by atoms with Crippen molar-refractivity contribution in [3.05, 3.63) is 44.6 Å². The monoisotopic (exact) mass is 345 g/mol. The van der Waals surface area contributed by atoms with E-state index < -0.39 is 0 Å². The van der Waals surface area contributed by atoms with Crippen molar-refractivity contribution in [3.8, 4) is 0 Å². The van der Waals surface area contributed by atoms with E-state index in [2.05, 4.69) is 50.1 Å². The summed E-state index contributed by atoms with van der Waals surface area (Å²) in [4.78, 5) is 12.9. The first-order valence-corrected chi connectivity index (χ1v) is 9.13. The largest absolute Gasteiger partial charge is 0.276 e. The van der Waals surface area contributed by atoms with E-state index in [4.69, 9.17) is 12.2 Å². The maximum atomic E-state index is 5.50. The average molecular weight is 345 g/mol. The molecule has 5 nitrogen and oxygen atoms in total. The predicted octanol–water partition coefficient (Wildman–Crippen LogP) is 3.73. The molecule has 1 fully saturated rings. The van der Waals surface area contributed by atoms with Gasteiger partial charge >= 0.3 is 0 Å². The summed E-state index contributed by atoms with van der Waals surface area (Å²) in [7, 11) is 0. The third-order valence-electron chi connectivity index (χ3n) is 4.43. The van der Waals surface area contributed by atoms with Gasteiger partial charge in [0, 0.05) is 28.9 Å².